The molecule has 0 atom stereocenters. The smallest absolute Gasteiger partial charge is 0.337 e. The van der Waals surface area contributed by atoms with Gasteiger partial charge in [0.15, 0.2) is 0 Å². The van der Waals surface area contributed by atoms with Crippen LogP contribution < -0.4 is 14.8 Å². The van der Waals surface area contributed by atoms with Gasteiger partial charge in [-0.15, -0.1) is 0 Å². The molecule has 2 N–H and O–H groups in total. The summed E-state index contributed by atoms with van der Waals surface area (Å²) in [6.45, 7) is 1.78. The van der Waals surface area contributed by atoms with Gasteiger partial charge in [0.2, 0.25) is 10.0 Å². The Hall–Kier alpha value is -2.91. The number of hydrogen-bond acceptors (Lipinski definition) is 6. The fourth-order valence-corrected chi connectivity index (χ4v) is 4.21. The number of anilines is 1. The lowest BCUT2D eigenvalue weighted by Crippen LogP contribution is -2.26. The van der Waals surface area contributed by atoms with E-state index in [1.807, 2.05) is 0 Å². The predicted octanol–water partition coefficient (Wildman–Crippen LogP) is 2.48. The average Bonchev–Trinajstić information content (AvgIpc) is 3.51. The largest absolute Gasteiger partial charge is 0.495 e. The molecule has 0 spiro atoms. The van der Waals surface area contributed by atoms with Gasteiger partial charge in [-0.1, -0.05) is 6.07 Å². The molecule has 0 radical (unpaired) electrons. The number of carbonyl (C=O) groups excluding carboxylic acids is 2. The summed E-state index contributed by atoms with van der Waals surface area (Å²) in [5, 5.41) is 2.71. The Balaban J connectivity index is 1.90. The summed E-state index contributed by atoms with van der Waals surface area (Å²) in [6.07, 6.45) is 1.58. The summed E-state index contributed by atoms with van der Waals surface area (Å²) in [5.74, 6) is -0.885. The van der Waals surface area contributed by atoms with E-state index in [1.54, 1.807) is 19.1 Å². The number of carbonyl (C=O) groups is 2. The van der Waals surface area contributed by atoms with Crippen LogP contribution in [0.5, 0.6) is 5.75 Å². The number of sulfonamides is 1. The van der Waals surface area contributed by atoms with Crippen LogP contribution in [0.25, 0.3) is 0 Å². The quantitative estimate of drug-likeness (QED) is 0.669. The molecule has 1 saturated carbocycles. The highest BCUT2D eigenvalue weighted by Crippen LogP contribution is 2.29. The van der Waals surface area contributed by atoms with Gasteiger partial charge < -0.3 is 14.8 Å². The Bertz CT molecular complexity index is 1060. The van der Waals surface area contributed by atoms with Gasteiger partial charge >= 0.3 is 5.97 Å². The average molecular weight is 418 g/mol. The topological polar surface area (TPSA) is 111 Å². The van der Waals surface area contributed by atoms with Crippen molar-refractivity contribution in [1.29, 1.82) is 0 Å². The highest BCUT2D eigenvalue weighted by molar-refractivity contribution is 7.89. The third-order valence-electron chi connectivity index (χ3n) is 4.52. The van der Waals surface area contributed by atoms with Crippen molar-refractivity contribution in [3.05, 3.63) is 53.1 Å². The zero-order chi connectivity index (χ0) is 21.2. The first-order valence-corrected chi connectivity index (χ1v) is 10.4. The molecule has 0 saturated heterocycles. The minimum absolute atomic E-state index is 0.0779. The highest BCUT2D eigenvalue weighted by atomic mass is 32.2. The Labute approximate surface area is 169 Å². The van der Waals surface area contributed by atoms with Crippen LogP contribution in [0.1, 0.15) is 39.1 Å². The van der Waals surface area contributed by atoms with E-state index in [9.17, 15) is 18.0 Å². The fraction of sp³-hybridized carbons (Fsp3) is 0.300. The number of rotatable bonds is 7. The van der Waals surface area contributed by atoms with E-state index in [-0.39, 0.29) is 22.3 Å². The van der Waals surface area contributed by atoms with Crippen LogP contribution in [0, 0.1) is 6.92 Å². The minimum atomic E-state index is -3.81. The van der Waals surface area contributed by atoms with Crippen molar-refractivity contribution in [2.24, 2.45) is 0 Å². The lowest BCUT2D eigenvalue weighted by Gasteiger charge is -2.13. The maximum Gasteiger partial charge on any atom is 0.337 e. The molecule has 0 bridgehead atoms. The molecule has 0 unspecified atom stereocenters. The van der Waals surface area contributed by atoms with Crippen molar-refractivity contribution in [2.75, 3.05) is 19.5 Å². The van der Waals surface area contributed by atoms with Gasteiger partial charge in [-0.05, 0) is 55.7 Å². The molecule has 29 heavy (non-hydrogen) atoms. The SMILES string of the molecule is COC(=O)c1ccc(C)c(NC(=O)c2ccc(OC)c(S(=O)(=O)NC3CC3)c2)c1. The van der Waals surface area contributed by atoms with Crippen LogP contribution in [-0.2, 0) is 14.8 Å². The second kappa shape index (κ2) is 8.22. The Morgan fingerprint density at radius 1 is 1.03 bits per heavy atom. The van der Waals surface area contributed by atoms with Gasteiger partial charge in [0, 0.05) is 17.3 Å². The van der Waals surface area contributed by atoms with Crippen molar-refractivity contribution in [2.45, 2.75) is 30.7 Å². The van der Waals surface area contributed by atoms with Crippen LogP contribution >= 0.6 is 0 Å². The Kier molecular flexibility index (Phi) is 5.90. The maximum absolute atomic E-state index is 12.7. The molecule has 0 heterocycles. The van der Waals surface area contributed by atoms with Gasteiger partial charge in [0.05, 0.1) is 19.8 Å². The van der Waals surface area contributed by atoms with Crippen LogP contribution in [0.3, 0.4) is 0 Å². The molecule has 8 nitrogen and oxygen atoms in total. The van der Waals surface area contributed by atoms with Gasteiger partial charge in [0.25, 0.3) is 5.91 Å². The summed E-state index contributed by atoms with van der Waals surface area (Å²) in [6, 6.07) is 8.90. The van der Waals surface area contributed by atoms with Crippen molar-refractivity contribution >= 4 is 27.6 Å². The summed E-state index contributed by atoms with van der Waals surface area (Å²) in [4.78, 5) is 24.4. The zero-order valence-electron chi connectivity index (χ0n) is 16.3. The number of methoxy groups -OCH3 is 2. The normalized spacial score (nSPS) is 13.6. The number of aryl methyl sites for hydroxylation is 1. The number of hydrogen-bond donors (Lipinski definition) is 2. The number of amides is 1. The van der Waals surface area contributed by atoms with Crippen LogP contribution in [0.15, 0.2) is 41.3 Å². The third-order valence-corrected chi connectivity index (χ3v) is 6.06. The number of benzene rings is 2. The summed E-state index contributed by atoms with van der Waals surface area (Å²) in [7, 11) is -1.17. The lowest BCUT2D eigenvalue weighted by atomic mass is 10.1. The second-order valence-electron chi connectivity index (χ2n) is 6.74. The van der Waals surface area contributed by atoms with Gasteiger partial charge in [-0.25, -0.2) is 17.9 Å². The molecular weight excluding hydrogens is 396 g/mol. The molecule has 0 aliphatic heterocycles. The standard InChI is InChI=1S/C20H22N2O6S/c1-12-4-5-14(20(24)28-3)10-16(12)21-19(23)13-6-9-17(27-2)18(11-13)29(25,26)22-15-7-8-15/h4-6,9-11,15,22H,7-8H2,1-3H3,(H,21,23). The molecule has 3 rings (SSSR count). The van der Waals surface area contributed by atoms with Crippen molar-refractivity contribution in [1.82, 2.24) is 4.72 Å². The van der Waals surface area contributed by atoms with Crippen LogP contribution in [-0.4, -0.2) is 40.6 Å². The molecule has 1 amide bonds. The first-order chi connectivity index (χ1) is 13.7. The molecule has 0 aromatic heterocycles. The van der Waals surface area contributed by atoms with Gasteiger partial charge in [0.1, 0.15) is 10.6 Å². The first kappa shape index (κ1) is 20.8. The summed E-state index contributed by atoms with van der Waals surface area (Å²) in [5.41, 5.74) is 1.60. The fourth-order valence-electron chi connectivity index (χ4n) is 2.71. The van der Waals surface area contributed by atoms with Crippen molar-refractivity contribution in [3.63, 3.8) is 0 Å². The molecule has 1 aliphatic rings. The number of esters is 1. The minimum Gasteiger partial charge on any atom is -0.495 e. The van der Waals surface area contributed by atoms with Crippen molar-refractivity contribution < 1.29 is 27.5 Å². The number of ether oxygens (including phenoxy) is 2. The van der Waals surface area contributed by atoms with Crippen LogP contribution in [0.4, 0.5) is 5.69 Å². The summed E-state index contributed by atoms with van der Waals surface area (Å²) >= 11 is 0. The zero-order valence-corrected chi connectivity index (χ0v) is 17.1. The molecular formula is C20H22N2O6S. The van der Waals surface area contributed by atoms with E-state index in [4.69, 9.17) is 9.47 Å². The highest BCUT2D eigenvalue weighted by Gasteiger charge is 2.30. The molecule has 1 fully saturated rings. The maximum atomic E-state index is 12.7. The molecule has 2 aromatic rings. The number of nitrogens with one attached hydrogen (secondary N) is 2. The molecule has 9 heteroatoms. The monoisotopic (exact) mass is 418 g/mol. The third kappa shape index (κ3) is 4.75. The molecule has 1 aliphatic carbocycles. The van der Waals surface area contributed by atoms with E-state index in [2.05, 4.69) is 10.0 Å². The Morgan fingerprint density at radius 2 is 1.72 bits per heavy atom. The van der Waals surface area contributed by atoms with Crippen molar-refractivity contribution in [3.8, 4) is 5.75 Å². The van der Waals surface area contributed by atoms with E-state index >= 15 is 0 Å². The molecule has 2 aromatic carbocycles. The molecule has 154 valence electrons. The second-order valence-corrected chi connectivity index (χ2v) is 8.42. The van der Waals surface area contributed by atoms with E-state index in [1.165, 1.54) is 38.5 Å². The van der Waals surface area contributed by atoms with E-state index in [0.29, 0.717) is 11.3 Å². The Morgan fingerprint density at radius 3 is 2.34 bits per heavy atom. The summed E-state index contributed by atoms with van der Waals surface area (Å²) < 4.78 is 37.7. The first-order valence-electron chi connectivity index (χ1n) is 8.96. The van der Waals surface area contributed by atoms with E-state index in [0.717, 1.165) is 18.4 Å². The van der Waals surface area contributed by atoms with Gasteiger partial charge in [-0.2, -0.15) is 0 Å². The lowest BCUT2D eigenvalue weighted by molar-refractivity contribution is 0.0600. The van der Waals surface area contributed by atoms with Crippen LogP contribution in [0.2, 0.25) is 0 Å². The van der Waals surface area contributed by atoms with Gasteiger partial charge in [-0.3, -0.25) is 4.79 Å². The van der Waals surface area contributed by atoms with E-state index < -0.39 is 21.9 Å². The predicted molar refractivity (Wildman–Crippen MR) is 107 cm³/mol.